The topological polar surface area (TPSA) is 63.2 Å². The molecular weight excluding hydrogens is 334 g/mol. The summed E-state index contributed by atoms with van der Waals surface area (Å²) >= 11 is 0. The second kappa shape index (κ2) is 6.11. The van der Waals surface area contributed by atoms with Crippen LogP contribution in [0, 0.1) is 0 Å². The number of benzene rings is 2. The van der Waals surface area contributed by atoms with Crippen molar-refractivity contribution in [3.63, 3.8) is 0 Å². The van der Waals surface area contributed by atoms with E-state index in [0.29, 0.717) is 4.90 Å². The highest BCUT2D eigenvalue weighted by atomic mass is 32.2. The van der Waals surface area contributed by atoms with E-state index >= 15 is 0 Å². The molecule has 1 unspecified atom stereocenters. The lowest BCUT2D eigenvalue weighted by molar-refractivity contribution is 0.602. The van der Waals surface area contributed by atoms with E-state index in [1.54, 1.807) is 24.5 Å². The van der Waals surface area contributed by atoms with Crippen LogP contribution in [-0.2, 0) is 9.84 Å². The molecular formula is C19H19N3O2S. The first kappa shape index (κ1) is 16.0. The molecule has 2 heterocycles. The SMILES string of the molecule is CS(=O)(=O)c1ccc2ncnc(N3CCCC3c3ccccc3)c2c1. The number of nitrogens with zero attached hydrogens (tertiary/aromatic N) is 3. The molecule has 1 aliphatic heterocycles. The normalized spacial score (nSPS) is 18.0. The van der Waals surface area contributed by atoms with Crippen molar-refractivity contribution in [1.29, 1.82) is 0 Å². The van der Waals surface area contributed by atoms with Gasteiger partial charge in [-0.05, 0) is 36.6 Å². The van der Waals surface area contributed by atoms with Crippen LogP contribution in [0.3, 0.4) is 0 Å². The maximum atomic E-state index is 11.9. The molecule has 0 aliphatic carbocycles. The van der Waals surface area contributed by atoms with Crippen molar-refractivity contribution >= 4 is 26.6 Å². The molecule has 1 fully saturated rings. The molecule has 0 N–H and O–H groups in total. The molecule has 6 heteroatoms. The standard InChI is InChI=1S/C19H19N3O2S/c1-25(23,24)15-9-10-17-16(12-15)19(21-13-20-17)22-11-5-8-18(22)14-6-3-2-4-7-14/h2-4,6-7,9-10,12-13,18H,5,8,11H2,1H3. The summed E-state index contributed by atoms with van der Waals surface area (Å²) in [4.78, 5) is 11.4. The Hall–Kier alpha value is -2.47. The number of sulfone groups is 1. The van der Waals surface area contributed by atoms with Crippen LogP contribution < -0.4 is 4.90 Å². The van der Waals surface area contributed by atoms with Gasteiger partial charge in [-0.15, -0.1) is 0 Å². The van der Waals surface area contributed by atoms with Gasteiger partial charge in [0.2, 0.25) is 0 Å². The molecule has 4 rings (SSSR count). The highest BCUT2D eigenvalue weighted by Gasteiger charge is 2.28. The smallest absolute Gasteiger partial charge is 0.175 e. The zero-order valence-corrected chi connectivity index (χ0v) is 14.8. The molecule has 1 atom stereocenters. The summed E-state index contributed by atoms with van der Waals surface area (Å²) in [6, 6.07) is 15.7. The molecule has 25 heavy (non-hydrogen) atoms. The number of hydrogen-bond acceptors (Lipinski definition) is 5. The number of anilines is 1. The van der Waals surface area contributed by atoms with Crippen LogP contribution in [0.5, 0.6) is 0 Å². The molecule has 5 nitrogen and oxygen atoms in total. The van der Waals surface area contributed by atoms with Gasteiger partial charge in [-0.1, -0.05) is 30.3 Å². The highest BCUT2D eigenvalue weighted by Crippen LogP contribution is 2.38. The van der Waals surface area contributed by atoms with Gasteiger partial charge in [0.15, 0.2) is 9.84 Å². The maximum absolute atomic E-state index is 11.9. The zero-order chi connectivity index (χ0) is 17.4. The van der Waals surface area contributed by atoms with E-state index in [2.05, 4.69) is 27.0 Å². The van der Waals surface area contributed by atoms with E-state index < -0.39 is 9.84 Å². The summed E-state index contributed by atoms with van der Waals surface area (Å²) in [5.74, 6) is 0.807. The van der Waals surface area contributed by atoms with Gasteiger partial charge in [-0.3, -0.25) is 0 Å². The lowest BCUT2D eigenvalue weighted by Gasteiger charge is -2.27. The minimum atomic E-state index is -3.27. The average molecular weight is 353 g/mol. The number of aromatic nitrogens is 2. The van der Waals surface area contributed by atoms with E-state index in [9.17, 15) is 8.42 Å². The van der Waals surface area contributed by atoms with Gasteiger partial charge < -0.3 is 4.90 Å². The highest BCUT2D eigenvalue weighted by molar-refractivity contribution is 7.90. The molecule has 1 aromatic heterocycles. The van der Waals surface area contributed by atoms with Crippen LogP contribution in [0.2, 0.25) is 0 Å². The molecule has 0 spiro atoms. The first-order chi connectivity index (χ1) is 12.0. The Bertz CT molecular complexity index is 1020. The van der Waals surface area contributed by atoms with E-state index in [4.69, 9.17) is 0 Å². The lowest BCUT2D eigenvalue weighted by atomic mass is 10.0. The van der Waals surface area contributed by atoms with Crippen LogP contribution in [0.15, 0.2) is 59.8 Å². The fourth-order valence-corrected chi connectivity index (χ4v) is 4.17. The summed E-state index contributed by atoms with van der Waals surface area (Å²) in [5, 5.41) is 0.785. The van der Waals surface area contributed by atoms with Crippen molar-refractivity contribution in [2.75, 3.05) is 17.7 Å². The minimum absolute atomic E-state index is 0.251. The summed E-state index contributed by atoms with van der Waals surface area (Å²) in [6.07, 6.45) is 4.91. The van der Waals surface area contributed by atoms with Crippen molar-refractivity contribution in [3.8, 4) is 0 Å². The average Bonchev–Trinajstić information content (AvgIpc) is 3.10. The Morgan fingerprint density at radius 3 is 2.64 bits per heavy atom. The molecule has 0 bridgehead atoms. The summed E-state index contributed by atoms with van der Waals surface area (Å²) in [6.45, 7) is 0.898. The maximum Gasteiger partial charge on any atom is 0.175 e. The fourth-order valence-electron chi connectivity index (χ4n) is 3.52. The minimum Gasteiger partial charge on any atom is -0.349 e. The quantitative estimate of drug-likeness (QED) is 0.722. The van der Waals surface area contributed by atoms with Crippen LogP contribution in [0.1, 0.15) is 24.4 Å². The van der Waals surface area contributed by atoms with Gasteiger partial charge in [0, 0.05) is 18.2 Å². The van der Waals surface area contributed by atoms with Crippen LogP contribution in [0.25, 0.3) is 10.9 Å². The zero-order valence-electron chi connectivity index (χ0n) is 14.0. The molecule has 0 saturated carbocycles. The summed E-state index contributed by atoms with van der Waals surface area (Å²) in [5.41, 5.74) is 2.02. The molecule has 1 aliphatic rings. The van der Waals surface area contributed by atoms with Crippen molar-refractivity contribution in [2.45, 2.75) is 23.8 Å². The molecule has 2 aromatic carbocycles. The van der Waals surface area contributed by atoms with Crippen LogP contribution in [0.4, 0.5) is 5.82 Å². The fraction of sp³-hybridized carbons (Fsp3) is 0.263. The predicted octanol–water partition coefficient (Wildman–Crippen LogP) is 3.37. The third-order valence-electron chi connectivity index (χ3n) is 4.72. The third kappa shape index (κ3) is 2.98. The van der Waals surface area contributed by atoms with E-state index in [0.717, 1.165) is 36.1 Å². The lowest BCUT2D eigenvalue weighted by Crippen LogP contribution is -2.24. The molecule has 128 valence electrons. The van der Waals surface area contributed by atoms with Crippen LogP contribution in [-0.4, -0.2) is 31.2 Å². The van der Waals surface area contributed by atoms with Gasteiger partial charge in [-0.2, -0.15) is 0 Å². The summed E-state index contributed by atoms with van der Waals surface area (Å²) < 4.78 is 23.9. The number of fused-ring (bicyclic) bond motifs is 1. The number of hydrogen-bond donors (Lipinski definition) is 0. The van der Waals surface area contributed by atoms with Crippen LogP contribution >= 0.6 is 0 Å². The van der Waals surface area contributed by atoms with Gasteiger partial charge in [0.05, 0.1) is 16.5 Å². The molecule has 0 radical (unpaired) electrons. The van der Waals surface area contributed by atoms with Gasteiger partial charge in [-0.25, -0.2) is 18.4 Å². The second-order valence-corrected chi connectivity index (χ2v) is 8.43. The molecule has 0 amide bonds. The molecule has 1 saturated heterocycles. The molecule has 3 aromatic rings. The van der Waals surface area contributed by atoms with Crippen molar-refractivity contribution in [3.05, 3.63) is 60.4 Å². The van der Waals surface area contributed by atoms with Gasteiger partial charge in [0.1, 0.15) is 12.1 Å². The van der Waals surface area contributed by atoms with Crippen molar-refractivity contribution in [2.24, 2.45) is 0 Å². The van der Waals surface area contributed by atoms with Crippen molar-refractivity contribution in [1.82, 2.24) is 9.97 Å². The largest absolute Gasteiger partial charge is 0.349 e. The first-order valence-electron chi connectivity index (χ1n) is 8.30. The number of rotatable bonds is 3. The van der Waals surface area contributed by atoms with Gasteiger partial charge in [0.25, 0.3) is 0 Å². The monoisotopic (exact) mass is 353 g/mol. The Balaban J connectivity index is 1.85. The van der Waals surface area contributed by atoms with Crippen molar-refractivity contribution < 1.29 is 8.42 Å². The van der Waals surface area contributed by atoms with E-state index in [1.807, 2.05) is 18.2 Å². The van der Waals surface area contributed by atoms with Gasteiger partial charge >= 0.3 is 0 Å². The Morgan fingerprint density at radius 2 is 1.88 bits per heavy atom. The Labute approximate surface area is 147 Å². The van der Waals surface area contributed by atoms with E-state index in [-0.39, 0.29) is 6.04 Å². The second-order valence-electron chi connectivity index (χ2n) is 6.41. The predicted molar refractivity (Wildman–Crippen MR) is 98.4 cm³/mol. The first-order valence-corrected chi connectivity index (χ1v) is 10.2. The summed E-state index contributed by atoms with van der Waals surface area (Å²) in [7, 11) is -3.27. The third-order valence-corrected chi connectivity index (χ3v) is 5.83. The van der Waals surface area contributed by atoms with E-state index in [1.165, 1.54) is 11.8 Å². The Kier molecular flexibility index (Phi) is 3.92. The Morgan fingerprint density at radius 1 is 1.08 bits per heavy atom.